The van der Waals surface area contributed by atoms with E-state index in [1.54, 1.807) is 36.7 Å². The molecule has 3 heterocycles. The number of pyridine rings is 1. The summed E-state index contributed by atoms with van der Waals surface area (Å²) in [6.45, 7) is 5.35. The molecule has 38 heavy (non-hydrogen) atoms. The number of nitrogens with two attached hydrogens (primary N) is 1. The van der Waals surface area contributed by atoms with Gasteiger partial charge in [-0.2, -0.15) is 5.10 Å². The number of aryl methyl sites for hydroxylation is 2. The number of carbonyl (C=O) groups excluding carboxylic acids is 2. The molecule has 0 radical (unpaired) electrons. The van der Waals surface area contributed by atoms with Crippen molar-refractivity contribution in [2.75, 3.05) is 16.8 Å². The van der Waals surface area contributed by atoms with E-state index < -0.39 is 24.4 Å². The standard InChI is InChI=1S/C26H28FN7O3S/c1-26(2,3)20-13-23(34(32-20)18-6-4-5-17(27)12-18)33(24(28)37)25-30-14-19(38-25)8-7-16-9-10-29-21(11-16)31-22(36)15-35/h4-6,9-14,35H,7-8,15H2,1-3H3,(H2,28,37)(H,29,31,36). The zero-order valence-corrected chi connectivity index (χ0v) is 22.0. The number of carbonyl (C=O) groups is 2. The molecule has 0 aliphatic heterocycles. The van der Waals surface area contributed by atoms with Crippen LogP contribution in [-0.4, -0.2) is 43.4 Å². The minimum atomic E-state index is -0.748. The van der Waals surface area contributed by atoms with Crippen molar-refractivity contribution in [3.8, 4) is 5.69 Å². The monoisotopic (exact) mass is 537 g/mol. The molecule has 12 heteroatoms. The Labute approximate surface area is 223 Å². The lowest BCUT2D eigenvalue weighted by atomic mass is 9.92. The Hall–Kier alpha value is -4.16. The zero-order valence-electron chi connectivity index (χ0n) is 21.2. The first-order valence-corrected chi connectivity index (χ1v) is 12.6. The number of primary amides is 1. The summed E-state index contributed by atoms with van der Waals surface area (Å²) in [6, 6.07) is 10.5. The van der Waals surface area contributed by atoms with Gasteiger partial charge in [0.15, 0.2) is 5.13 Å². The highest BCUT2D eigenvalue weighted by atomic mass is 32.1. The lowest BCUT2D eigenvalue weighted by Crippen LogP contribution is -2.33. The van der Waals surface area contributed by atoms with Gasteiger partial charge >= 0.3 is 6.03 Å². The Kier molecular flexibility index (Phi) is 7.83. The fraction of sp³-hybridized carbons (Fsp3) is 0.269. The van der Waals surface area contributed by atoms with Gasteiger partial charge < -0.3 is 16.2 Å². The topological polar surface area (TPSA) is 139 Å². The van der Waals surface area contributed by atoms with Crippen LogP contribution in [0.3, 0.4) is 0 Å². The highest BCUT2D eigenvalue weighted by Crippen LogP contribution is 2.35. The Morgan fingerprint density at radius 2 is 1.95 bits per heavy atom. The van der Waals surface area contributed by atoms with Gasteiger partial charge in [-0.3, -0.25) is 4.79 Å². The van der Waals surface area contributed by atoms with Gasteiger partial charge in [0.2, 0.25) is 0 Å². The molecular formula is C26H28FN7O3S. The van der Waals surface area contributed by atoms with Crippen molar-refractivity contribution in [1.29, 1.82) is 0 Å². The van der Waals surface area contributed by atoms with Crippen molar-refractivity contribution in [2.45, 2.75) is 39.0 Å². The van der Waals surface area contributed by atoms with E-state index in [4.69, 9.17) is 10.8 Å². The van der Waals surface area contributed by atoms with E-state index in [0.717, 1.165) is 10.4 Å². The van der Waals surface area contributed by atoms with Gasteiger partial charge in [-0.05, 0) is 48.7 Å². The minimum Gasteiger partial charge on any atom is -0.387 e. The lowest BCUT2D eigenvalue weighted by Gasteiger charge is -2.18. The van der Waals surface area contributed by atoms with Gasteiger partial charge in [-0.15, -0.1) is 11.3 Å². The predicted octanol–water partition coefficient (Wildman–Crippen LogP) is 4.09. The summed E-state index contributed by atoms with van der Waals surface area (Å²) >= 11 is 1.31. The van der Waals surface area contributed by atoms with E-state index in [9.17, 15) is 14.0 Å². The Morgan fingerprint density at radius 1 is 1.16 bits per heavy atom. The van der Waals surface area contributed by atoms with Crippen molar-refractivity contribution < 1.29 is 19.1 Å². The van der Waals surface area contributed by atoms with Crippen LogP contribution >= 0.6 is 11.3 Å². The van der Waals surface area contributed by atoms with Gasteiger partial charge in [-0.25, -0.2) is 28.7 Å². The van der Waals surface area contributed by atoms with E-state index in [-0.39, 0.29) is 5.41 Å². The molecule has 3 amide bonds. The number of benzene rings is 1. The first-order valence-electron chi connectivity index (χ1n) is 11.8. The number of aromatic nitrogens is 4. The summed E-state index contributed by atoms with van der Waals surface area (Å²) in [6.07, 6.45) is 4.49. The maximum Gasteiger partial charge on any atom is 0.326 e. The molecule has 3 aromatic heterocycles. The number of urea groups is 1. The predicted molar refractivity (Wildman–Crippen MR) is 143 cm³/mol. The van der Waals surface area contributed by atoms with E-state index >= 15 is 0 Å². The van der Waals surface area contributed by atoms with Gasteiger partial charge in [0, 0.05) is 28.8 Å². The fourth-order valence-electron chi connectivity index (χ4n) is 3.66. The molecule has 0 aliphatic rings. The number of aliphatic hydroxyl groups is 1. The molecule has 0 aliphatic carbocycles. The normalized spacial score (nSPS) is 11.4. The van der Waals surface area contributed by atoms with Crippen LogP contribution in [0.15, 0.2) is 54.9 Å². The van der Waals surface area contributed by atoms with Crippen LogP contribution < -0.4 is 16.0 Å². The first kappa shape index (κ1) is 26.9. The van der Waals surface area contributed by atoms with Crippen molar-refractivity contribution in [1.82, 2.24) is 19.7 Å². The number of rotatable bonds is 8. The van der Waals surface area contributed by atoms with Crippen molar-refractivity contribution in [3.05, 3.63) is 76.8 Å². The molecule has 4 aromatic rings. The molecule has 198 valence electrons. The van der Waals surface area contributed by atoms with Crippen molar-refractivity contribution in [3.63, 3.8) is 0 Å². The van der Waals surface area contributed by atoms with Crippen molar-refractivity contribution in [2.24, 2.45) is 5.73 Å². The molecule has 1 aromatic carbocycles. The second-order valence-electron chi connectivity index (χ2n) is 9.57. The van der Waals surface area contributed by atoms with E-state index in [1.807, 2.05) is 26.8 Å². The summed E-state index contributed by atoms with van der Waals surface area (Å²) in [5, 5.41) is 16.5. The molecule has 0 bridgehead atoms. The molecule has 4 rings (SSSR count). The molecule has 0 saturated heterocycles. The molecule has 0 saturated carbocycles. The molecule has 0 unspecified atom stereocenters. The van der Waals surface area contributed by atoms with Crippen LogP contribution in [0.25, 0.3) is 5.69 Å². The van der Waals surface area contributed by atoms with Gasteiger partial charge in [0.25, 0.3) is 5.91 Å². The fourth-order valence-corrected chi connectivity index (χ4v) is 4.59. The highest BCUT2D eigenvalue weighted by Gasteiger charge is 2.28. The van der Waals surface area contributed by atoms with Crippen LogP contribution in [0.1, 0.15) is 36.9 Å². The van der Waals surface area contributed by atoms with Crippen LogP contribution in [-0.2, 0) is 23.1 Å². The smallest absolute Gasteiger partial charge is 0.326 e. The average molecular weight is 538 g/mol. The Balaban J connectivity index is 1.62. The Morgan fingerprint density at radius 3 is 2.63 bits per heavy atom. The molecule has 4 N–H and O–H groups in total. The third-order valence-electron chi connectivity index (χ3n) is 5.59. The lowest BCUT2D eigenvalue weighted by molar-refractivity contribution is -0.118. The molecule has 0 spiro atoms. The number of halogens is 1. The molecule has 0 fully saturated rings. The second-order valence-corrected chi connectivity index (χ2v) is 10.7. The van der Waals surface area contributed by atoms with Gasteiger partial charge in [0.05, 0.1) is 11.4 Å². The largest absolute Gasteiger partial charge is 0.387 e. The van der Waals surface area contributed by atoms with Crippen LogP contribution in [0.2, 0.25) is 0 Å². The van der Waals surface area contributed by atoms with Crippen LogP contribution in [0, 0.1) is 5.82 Å². The molecule has 10 nitrogen and oxygen atoms in total. The van der Waals surface area contributed by atoms with E-state index in [1.165, 1.54) is 33.1 Å². The highest BCUT2D eigenvalue weighted by molar-refractivity contribution is 7.15. The van der Waals surface area contributed by atoms with Gasteiger partial charge in [-0.1, -0.05) is 26.8 Å². The maximum atomic E-state index is 14.0. The zero-order chi connectivity index (χ0) is 27.4. The number of nitrogens with zero attached hydrogens (tertiary/aromatic N) is 5. The second kappa shape index (κ2) is 11.1. The van der Waals surface area contributed by atoms with Crippen LogP contribution in [0.4, 0.5) is 26.0 Å². The third-order valence-corrected chi connectivity index (χ3v) is 6.63. The number of nitrogens with one attached hydrogen (secondary N) is 1. The minimum absolute atomic E-state index is 0.343. The molecular weight excluding hydrogens is 509 g/mol. The SMILES string of the molecule is CC(C)(C)c1cc(N(C(N)=O)c2ncc(CCc3ccnc(NC(=O)CO)c3)s2)n(-c2cccc(F)c2)n1. The molecule has 0 atom stereocenters. The number of anilines is 3. The average Bonchev–Trinajstić information content (AvgIpc) is 3.51. The Bertz CT molecular complexity index is 1460. The number of aliphatic hydroxyl groups excluding tert-OH is 1. The summed E-state index contributed by atoms with van der Waals surface area (Å²) in [4.78, 5) is 34.8. The van der Waals surface area contributed by atoms with E-state index in [0.29, 0.717) is 41.0 Å². The number of hydrogen-bond donors (Lipinski definition) is 3. The summed E-state index contributed by atoms with van der Waals surface area (Å²) in [7, 11) is 0. The number of hydrogen-bond acceptors (Lipinski definition) is 7. The summed E-state index contributed by atoms with van der Waals surface area (Å²) in [5.41, 5.74) is 7.54. The number of thiazole rings is 1. The number of amides is 3. The first-order chi connectivity index (χ1) is 18.0. The van der Waals surface area contributed by atoms with Crippen LogP contribution in [0.5, 0.6) is 0 Å². The third kappa shape index (κ3) is 6.21. The summed E-state index contributed by atoms with van der Waals surface area (Å²) in [5.74, 6) is -0.266. The van der Waals surface area contributed by atoms with Crippen molar-refractivity contribution >= 4 is 40.0 Å². The van der Waals surface area contributed by atoms with E-state index in [2.05, 4.69) is 20.4 Å². The summed E-state index contributed by atoms with van der Waals surface area (Å²) < 4.78 is 15.5. The maximum absolute atomic E-state index is 14.0. The van der Waals surface area contributed by atoms with Gasteiger partial charge in [0.1, 0.15) is 24.1 Å². The quantitative estimate of drug-likeness (QED) is 0.309.